The van der Waals surface area contributed by atoms with E-state index >= 15 is 8.78 Å². The van der Waals surface area contributed by atoms with Crippen LogP contribution in [0.5, 0.6) is 0 Å². The van der Waals surface area contributed by atoms with Gasteiger partial charge >= 0.3 is 0 Å². The SMILES string of the molecule is N/N=C\N(N)CC(c1ccc(F)cc1F)C(F)(F)c1cc2ccc(Cl)cc2cn1. The van der Waals surface area contributed by atoms with E-state index < -0.39 is 41.3 Å². The second-order valence-electron chi connectivity index (χ2n) is 6.36. The number of hydrogen-bond donors (Lipinski definition) is 2. The number of halogens is 5. The van der Waals surface area contributed by atoms with Crippen LogP contribution in [0.1, 0.15) is 17.2 Å². The third-order valence-corrected chi connectivity index (χ3v) is 4.64. The number of benzene rings is 2. The molecule has 0 radical (unpaired) electrons. The van der Waals surface area contributed by atoms with E-state index in [-0.39, 0.29) is 0 Å². The summed E-state index contributed by atoms with van der Waals surface area (Å²) in [7, 11) is 0. The van der Waals surface area contributed by atoms with E-state index in [4.69, 9.17) is 23.3 Å². The molecule has 1 heterocycles. The summed E-state index contributed by atoms with van der Waals surface area (Å²) in [6.45, 7) is -0.559. The summed E-state index contributed by atoms with van der Waals surface area (Å²) in [6, 6.07) is 8.30. The van der Waals surface area contributed by atoms with Crippen LogP contribution < -0.4 is 11.7 Å². The maximum absolute atomic E-state index is 15.5. The summed E-state index contributed by atoms with van der Waals surface area (Å²) in [5.74, 6) is 3.15. The predicted molar refractivity (Wildman–Crippen MR) is 103 cm³/mol. The lowest BCUT2D eigenvalue weighted by Crippen LogP contribution is -2.40. The van der Waals surface area contributed by atoms with Gasteiger partial charge in [0.25, 0.3) is 5.92 Å². The van der Waals surface area contributed by atoms with Gasteiger partial charge in [-0.25, -0.2) is 14.6 Å². The zero-order valence-electron chi connectivity index (χ0n) is 14.9. The summed E-state index contributed by atoms with van der Waals surface area (Å²) in [5, 5.41) is 5.45. The van der Waals surface area contributed by atoms with Crippen LogP contribution in [-0.4, -0.2) is 22.9 Å². The summed E-state index contributed by atoms with van der Waals surface area (Å²) >= 11 is 5.91. The van der Waals surface area contributed by atoms with Gasteiger partial charge in [-0.05, 0) is 35.2 Å². The van der Waals surface area contributed by atoms with Gasteiger partial charge in [-0.15, -0.1) is 0 Å². The number of nitrogens with zero attached hydrogens (tertiary/aromatic N) is 3. The Morgan fingerprint density at radius 1 is 1.14 bits per heavy atom. The molecule has 10 heteroatoms. The van der Waals surface area contributed by atoms with Gasteiger partial charge in [0.2, 0.25) is 0 Å². The van der Waals surface area contributed by atoms with Gasteiger partial charge in [0, 0.05) is 29.2 Å². The van der Waals surface area contributed by atoms with E-state index in [0.717, 1.165) is 23.5 Å². The van der Waals surface area contributed by atoms with E-state index in [1.807, 2.05) is 0 Å². The monoisotopic (exact) mass is 425 g/mol. The predicted octanol–water partition coefficient (Wildman–Crippen LogP) is 4.12. The van der Waals surface area contributed by atoms with Crippen molar-refractivity contribution in [3.05, 3.63) is 76.6 Å². The molecule has 1 atom stereocenters. The van der Waals surface area contributed by atoms with Crippen molar-refractivity contribution in [2.24, 2.45) is 16.8 Å². The first-order valence-corrected chi connectivity index (χ1v) is 8.73. The van der Waals surface area contributed by atoms with E-state index in [0.29, 0.717) is 21.9 Å². The number of alkyl halides is 2. The highest BCUT2D eigenvalue weighted by molar-refractivity contribution is 6.31. The number of hydrazone groups is 1. The summed E-state index contributed by atoms with van der Waals surface area (Å²) in [4.78, 5) is 3.84. The zero-order chi connectivity index (χ0) is 21.2. The lowest BCUT2D eigenvalue weighted by atomic mass is 9.89. The Morgan fingerprint density at radius 3 is 2.59 bits per heavy atom. The van der Waals surface area contributed by atoms with Crippen LogP contribution in [0.15, 0.2) is 53.8 Å². The average Bonchev–Trinajstić information content (AvgIpc) is 2.66. The van der Waals surface area contributed by atoms with E-state index in [1.54, 1.807) is 18.2 Å². The van der Waals surface area contributed by atoms with Crippen molar-refractivity contribution in [3.63, 3.8) is 0 Å². The number of aromatic nitrogens is 1. The minimum atomic E-state index is -3.66. The van der Waals surface area contributed by atoms with Crippen LogP contribution in [0.25, 0.3) is 10.8 Å². The molecular formula is C19H16ClF4N5. The highest BCUT2D eigenvalue weighted by Gasteiger charge is 2.45. The van der Waals surface area contributed by atoms with Crippen LogP contribution >= 0.6 is 11.6 Å². The van der Waals surface area contributed by atoms with Crippen molar-refractivity contribution in [2.45, 2.75) is 11.8 Å². The molecule has 3 rings (SSSR count). The van der Waals surface area contributed by atoms with Gasteiger partial charge in [-0.2, -0.15) is 13.9 Å². The summed E-state index contributed by atoms with van der Waals surface area (Å²) in [6.07, 6.45) is 2.17. The number of nitrogens with two attached hydrogens (primary N) is 2. The molecule has 152 valence electrons. The first kappa shape index (κ1) is 20.8. The van der Waals surface area contributed by atoms with Crippen molar-refractivity contribution < 1.29 is 17.6 Å². The maximum Gasteiger partial charge on any atom is 0.298 e. The summed E-state index contributed by atoms with van der Waals surface area (Å²) < 4.78 is 58.6. The second-order valence-corrected chi connectivity index (χ2v) is 6.80. The quantitative estimate of drug-likeness (QED) is 0.205. The molecular weight excluding hydrogens is 410 g/mol. The third kappa shape index (κ3) is 4.41. The molecule has 0 amide bonds. The molecule has 5 nitrogen and oxygen atoms in total. The highest BCUT2D eigenvalue weighted by atomic mass is 35.5. The van der Waals surface area contributed by atoms with Gasteiger partial charge in [-0.3, -0.25) is 9.99 Å². The molecule has 0 bridgehead atoms. The van der Waals surface area contributed by atoms with Crippen molar-refractivity contribution in [3.8, 4) is 0 Å². The van der Waals surface area contributed by atoms with E-state index in [1.165, 1.54) is 12.3 Å². The van der Waals surface area contributed by atoms with Crippen molar-refractivity contribution in [2.75, 3.05) is 6.54 Å². The van der Waals surface area contributed by atoms with Crippen molar-refractivity contribution >= 4 is 28.7 Å². The summed E-state index contributed by atoms with van der Waals surface area (Å²) in [5.41, 5.74) is -1.02. The molecule has 0 aliphatic carbocycles. The standard InChI is InChI=1S/C19H16ClF4N5/c20-13-2-1-11-6-18(27-8-12(11)5-13)19(23,24)16(9-29(26)10-28-25)15-4-3-14(21)7-17(15)22/h1-8,10,16H,9,25-26H2/b28-10-. The molecule has 0 aliphatic rings. The first-order valence-electron chi connectivity index (χ1n) is 8.35. The first-order chi connectivity index (χ1) is 13.7. The Bertz CT molecular complexity index is 1060. The number of hydrogen-bond acceptors (Lipinski definition) is 4. The second kappa shape index (κ2) is 8.22. The molecule has 3 aromatic rings. The van der Waals surface area contributed by atoms with Crippen molar-refractivity contribution in [1.29, 1.82) is 0 Å². The van der Waals surface area contributed by atoms with Crippen LogP contribution in [0.4, 0.5) is 17.6 Å². The molecule has 0 saturated heterocycles. The van der Waals surface area contributed by atoms with Gasteiger partial charge < -0.3 is 5.84 Å². The number of fused-ring (bicyclic) bond motifs is 1. The van der Waals surface area contributed by atoms with E-state index in [2.05, 4.69) is 10.1 Å². The number of rotatable bonds is 6. The molecule has 0 spiro atoms. The molecule has 2 aromatic carbocycles. The molecule has 4 N–H and O–H groups in total. The molecule has 0 saturated carbocycles. The molecule has 0 fully saturated rings. The molecule has 0 aliphatic heterocycles. The lowest BCUT2D eigenvalue weighted by Gasteiger charge is -2.30. The Balaban J connectivity index is 2.10. The van der Waals surface area contributed by atoms with E-state index in [9.17, 15) is 8.78 Å². The normalized spacial score (nSPS) is 13.2. The van der Waals surface area contributed by atoms with Gasteiger partial charge in [-0.1, -0.05) is 23.7 Å². The fourth-order valence-corrected chi connectivity index (χ4v) is 3.19. The Labute approximate surface area is 168 Å². The Morgan fingerprint density at radius 2 is 1.90 bits per heavy atom. The fraction of sp³-hybridized carbons (Fsp3) is 0.158. The van der Waals surface area contributed by atoms with Crippen LogP contribution in [0.2, 0.25) is 5.02 Å². The average molecular weight is 426 g/mol. The zero-order valence-corrected chi connectivity index (χ0v) is 15.6. The van der Waals surface area contributed by atoms with Crippen LogP contribution in [0.3, 0.4) is 0 Å². The minimum Gasteiger partial charge on any atom is -0.322 e. The Hall–Kier alpha value is -2.91. The third-order valence-electron chi connectivity index (χ3n) is 4.41. The van der Waals surface area contributed by atoms with Crippen molar-refractivity contribution in [1.82, 2.24) is 9.99 Å². The number of pyridine rings is 1. The van der Waals surface area contributed by atoms with Gasteiger partial charge in [0.15, 0.2) is 0 Å². The fourth-order valence-electron chi connectivity index (χ4n) is 3.01. The van der Waals surface area contributed by atoms with Gasteiger partial charge in [0.1, 0.15) is 23.7 Å². The highest BCUT2D eigenvalue weighted by Crippen LogP contribution is 2.43. The maximum atomic E-state index is 15.5. The lowest BCUT2D eigenvalue weighted by molar-refractivity contribution is -0.0441. The molecule has 1 unspecified atom stereocenters. The Kier molecular flexibility index (Phi) is 5.90. The smallest absolute Gasteiger partial charge is 0.298 e. The van der Waals surface area contributed by atoms with Crippen LogP contribution in [-0.2, 0) is 5.92 Å². The van der Waals surface area contributed by atoms with Crippen LogP contribution in [0, 0.1) is 11.6 Å². The topological polar surface area (TPSA) is 80.5 Å². The molecule has 1 aromatic heterocycles. The number of hydrazine groups is 1. The minimum absolute atomic E-state index is 0.421. The molecule has 29 heavy (non-hydrogen) atoms. The van der Waals surface area contributed by atoms with Gasteiger partial charge in [0.05, 0.1) is 5.92 Å². The largest absolute Gasteiger partial charge is 0.322 e.